The molecule has 0 fully saturated rings. The van der Waals surface area contributed by atoms with Crippen LogP contribution < -0.4 is 4.57 Å². The minimum absolute atomic E-state index is 0.188. The van der Waals surface area contributed by atoms with Crippen molar-refractivity contribution in [2.24, 2.45) is 7.05 Å². The van der Waals surface area contributed by atoms with Crippen molar-refractivity contribution in [2.75, 3.05) is 0 Å². The second kappa shape index (κ2) is 2.68. The molecule has 1 heterocycles. The smallest absolute Gasteiger partial charge is 0.239 e. The number of nitrogens with zero attached hydrogens (tertiary/aromatic N) is 2. The van der Waals surface area contributed by atoms with E-state index in [2.05, 4.69) is 0 Å². The molecule has 0 aliphatic heterocycles. The van der Waals surface area contributed by atoms with Crippen LogP contribution >= 0.6 is 0 Å². The second-order valence-corrected chi connectivity index (χ2v) is 2.53. The van der Waals surface area contributed by atoms with E-state index in [0.29, 0.717) is 12.5 Å². The Kier molecular flexibility index (Phi) is 2.05. The molecular weight excluding hydrogens is 195 g/mol. The third kappa shape index (κ3) is 1.63. The van der Waals surface area contributed by atoms with Crippen molar-refractivity contribution in [3.8, 4) is 0 Å². The summed E-state index contributed by atoms with van der Waals surface area (Å²) in [7, 11) is 1.35. The van der Waals surface area contributed by atoms with Crippen LogP contribution in [0.3, 0.4) is 0 Å². The van der Waals surface area contributed by atoms with Crippen molar-refractivity contribution in [3.63, 3.8) is 0 Å². The van der Waals surface area contributed by atoms with Crippen LogP contribution in [0.1, 0.15) is 0 Å². The van der Waals surface area contributed by atoms with Crippen molar-refractivity contribution in [1.29, 1.82) is 0 Å². The molecule has 7 heteroatoms. The predicted molar refractivity (Wildman–Crippen MR) is 31.9 cm³/mol. The van der Waals surface area contributed by atoms with Crippen LogP contribution in [0.5, 0.6) is 0 Å². The van der Waals surface area contributed by atoms with Gasteiger partial charge in [0.15, 0.2) is 0 Å². The summed E-state index contributed by atoms with van der Waals surface area (Å²) in [6, 6.07) is -4.85. The number of alkyl halides is 5. The summed E-state index contributed by atoms with van der Waals surface area (Å²) in [5.74, 6) is 0. The monoisotopic (exact) mass is 201 g/mol. The van der Waals surface area contributed by atoms with Crippen LogP contribution in [0.4, 0.5) is 22.0 Å². The molecule has 0 N–H and O–H groups in total. The number of hydrogen-bond acceptors (Lipinski definition) is 0. The standard InChI is InChI=1S/C6H6F5N2/c1-12-2-3-13(4-12)6(10,11)5(7,8)9/h2-4H,1H3/q+1. The minimum Gasteiger partial charge on any atom is -0.239 e. The predicted octanol–water partition coefficient (Wildman–Crippen LogP) is 1.42. The van der Waals surface area contributed by atoms with E-state index in [1.165, 1.54) is 7.05 Å². The van der Waals surface area contributed by atoms with E-state index in [1.54, 1.807) is 0 Å². The summed E-state index contributed by atoms with van der Waals surface area (Å²) in [4.78, 5) is 0. The van der Waals surface area contributed by atoms with Crippen molar-refractivity contribution < 1.29 is 26.5 Å². The van der Waals surface area contributed by atoms with Gasteiger partial charge in [0, 0.05) is 0 Å². The van der Waals surface area contributed by atoms with Gasteiger partial charge < -0.3 is 0 Å². The fraction of sp³-hybridized carbons (Fsp3) is 0.500. The highest BCUT2D eigenvalue weighted by molar-refractivity contribution is 4.78. The van der Waals surface area contributed by atoms with Gasteiger partial charge >= 0.3 is 12.2 Å². The molecule has 74 valence electrons. The Hall–Kier alpha value is -1.14. The van der Waals surface area contributed by atoms with Gasteiger partial charge in [0.2, 0.25) is 6.33 Å². The molecule has 1 aromatic rings. The number of imidazole rings is 1. The molecule has 0 unspecified atom stereocenters. The van der Waals surface area contributed by atoms with Gasteiger partial charge in [-0.1, -0.05) is 0 Å². The fourth-order valence-corrected chi connectivity index (χ4v) is 0.763. The van der Waals surface area contributed by atoms with Crippen LogP contribution in [0, 0.1) is 0 Å². The third-order valence-corrected chi connectivity index (χ3v) is 1.43. The first-order chi connectivity index (χ1) is 5.75. The summed E-state index contributed by atoms with van der Waals surface area (Å²) in [5, 5.41) is 0. The Bertz CT molecular complexity index is 300. The molecule has 1 rings (SSSR count). The maximum absolute atomic E-state index is 12.5. The molecule has 13 heavy (non-hydrogen) atoms. The highest BCUT2D eigenvalue weighted by Gasteiger charge is 2.63. The van der Waals surface area contributed by atoms with Gasteiger partial charge in [-0.2, -0.15) is 26.5 Å². The highest BCUT2D eigenvalue weighted by atomic mass is 19.4. The summed E-state index contributed by atoms with van der Waals surface area (Å²) in [6.45, 7) is 0. The SMILES string of the molecule is C[n+]1ccn(C(F)(F)C(F)(F)F)c1. The average Bonchev–Trinajstić information content (AvgIpc) is 2.33. The zero-order valence-corrected chi connectivity index (χ0v) is 6.52. The third-order valence-electron chi connectivity index (χ3n) is 1.43. The number of aryl methyl sites for hydroxylation is 1. The van der Waals surface area contributed by atoms with Crippen LogP contribution in [0.15, 0.2) is 18.7 Å². The largest absolute Gasteiger partial charge is 0.500 e. The molecular formula is C6H6F5N2+. The fourth-order valence-electron chi connectivity index (χ4n) is 0.763. The molecule has 0 radical (unpaired) electrons. The van der Waals surface area contributed by atoms with Gasteiger partial charge in [0.05, 0.1) is 7.05 Å². The second-order valence-electron chi connectivity index (χ2n) is 2.53. The van der Waals surface area contributed by atoms with E-state index >= 15 is 0 Å². The van der Waals surface area contributed by atoms with Crippen molar-refractivity contribution in [2.45, 2.75) is 12.2 Å². The van der Waals surface area contributed by atoms with E-state index in [-0.39, 0.29) is 4.57 Å². The molecule has 2 nitrogen and oxygen atoms in total. The Morgan fingerprint density at radius 3 is 2.00 bits per heavy atom. The molecule has 0 atom stereocenters. The van der Waals surface area contributed by atoms with Gasteiger partial charge in [-0.05, 0) is 0 Å². The van der Waals surface area contributed by atoms with E-state index in [0.717, 1.165) is 10.8 Å². The number of aromatic nitrogens is 2. The quantitative estimate of drug-likeness (QED) is 0.480. The lowest BCUT2D eigenvalue weighted by atomic mass is 10.5. The number of halogens is 5. The first-order valence-electron chi connectivity index (χ1n) is 3.23. The molecule has 0 aliphatic carbocycles. The van der Waals surface area contributed by atoms with Crippen LogP contribution in [-0.2, 0) is 13.1 Å². The first-order valence-corrected chi connectivity index (χ1v) is 3.23. The average molecular weight is 201 g/mol. The Morgan fingerprint density at radius 2 is 1.69 bits per heavy atom. The summed E-state index contributed by atoms with van der Waals surface area (Å²) >= 11 is 0. The molecule has 0 saturated carbocycles. The van der Waals surface area contributed by atoms with Crippen molar-refractivity contribution in [1.82, 2.24) is 4.57 Å². The van der Waals surface area contributed by atoms with Crippen molar-refractivity contribution in [3.05, 3.63) is 18.7 Å². The molecule has 0 amide bonds. The zero-order valence-electron chi connectivity index (χ0n) is 6.52. The molecule has 0 aromatic carbocycles. The molecule has 0 aliphatic rings. The van der Waals surface area contributed by atoms with Crippen LogP contribution in [0.25, 0.3) is 0 Å². The topological polar surface area (TPSA) is 8.81 Å². The lowest BCUT2D eigenvalue weighted by Gasteiger charge is -2.14. The van der Waals surface area contributed by atoms with Crippen LogP contribution in [0.2, 0.25) is 0 Å². The Balaban J connectivity index is 3.07. The van der Waals surface area contributed by atoms with E-state index in [1.807, 2.05) is 0 Å². The summed E-state index contributed by atoms with van der Waals surface area (Å²) in [5.41, 5.74) is 0. The van der Waals surface area contributed by atoms with Gasteiger partial charge in [0.1, 0.15) is 12.4 Å². The van der Waals surface area contributed by atoms with E-state index < -0.39 is 12.2 Å². The number of hydrogen-bond donors (Lipinski definition) is 0. The van der Waals surface area contributed by atoms with Gasteiger partial charge in [-0.3, -0.25) is 0 Å². The molecule has 1 aromatic heterocycles. The van der Waals surface area contributed by atoms with Crippen molar-refractivity contribution >= 4 is 0 Å². The first kappa shape index (κ1) is 9.94. The lowest BCUT2D eigenvalue weighted by Crippen LogP contribution is -2.40. The normalized spacial score (nSPS) is 13.4. The minimum atomic E-state index is -5.57. The molecule has 0 saturated heterocycles. The van der Waals surface area contributed by atoms with Gasteiger partial charge in [0.25, 0.3) is 0 Å². The Morgan fingerprint density at radius 1 is 1.15 bits per heavy atom. The summed E-state index contributed by atoms with van der Waals surface area (Å²) in [6.07, 6.45) is -3.15. The maximum atomic E-state index is 12.5. The van der Waals surface area contributed by atoms with E-state index in [9.17, 15) is 22.0 Å². The molecule has 0 bridgehead atoms. The lowest BCUT2D eigenvalue weighted by molar-refractivity contribution is -0.672. The zero-order chi connectivity index (χ0) is 10.3. The van der Waals surface area contributed by atoms with Crippen LogP contribution in [-0.4, -0.2) is 10.7 Å². The maximum Gasteiger partial charge on any atom is 0.500 e. The Labute approximate surface area is 70.2 Å². The highest BCUT2D eigenvalue weighted by Crippen LogP contribution is 2.38. The van der Waals surface area contributed by atoms with Gasteiger partial charge in [-0.25, -0.2) is 4.57 Å². The molecule has 0 spiro atoms. The van der Waals surface area contributed by atoms with E-state index in [4.69, 9.17) is 0 Å². The number of rotatable bonds is 1. The summed E-state index contributed by atoms with van der Waals surface area (Å²) < 4.78 is 61.2. The van der Waals surface area contributed by atoms with Gasteiger partial charge in [-0.15, -0.1) is 0 Å².